The quantitative estimate of drug-likeness (QED) is 0.229. The summed E-state index contributed by atoms with van der Waals surface area (Å²) in [6, 6.07) is 0. The van der Waals surface area contributed by atoms with Gasteiger partial charge in [-0.3, -0.25) is 4.79 Å². The van der Waals surface area contributed by atoms with Crippen molar-refractivity contribution in [1.29, 1.82) is 0 Å². The summed E-state index contributed by atoms with van der Waals surface area (Å²) >= 11 is 0. The van der Waals surface area contributed by atoms with Crippen LogP contribution < -0.4 is 5.84 Å². The molecular weight excluding hydrogens is 396 g/mol. The molecule has 0 aromatic rings. The highest BCUT2D eigenvalue weighted by atomic mass is 16.1. The van der Waals surface area contributed by atoms with Crippen molar-refractivity contribution in [2.24, 2.45) is 63.2 Å². The van der Waals surface area contributed by atoms with Gasteiger partial charge < -0.3 is 5.84 Å². The first-order valence-electron chi connectivity index (χ1n) is 13.3. The normalized spacial score (nSPS) is 42.9. The molecule has 0 amide bonds. The van der Waals surface area contributed by atoms with E-state index in [1.807, 2.05) is 0 Å². The molecule has 1 unspecified atom stereocenters. The van der Waals surface area contributed by atoms with Crippen molar-refractivity contribution in [3.8, 4) is 0 Å². The van der Waals surface area contributed by atoms with Gasteiger partial charge >= 0.3 is 0 Å². The molecule has 4 heteroatoms. The third kappa shape index (κ3) is 4.02. The number of carbonyl (C=O) groups is 1. The van der Waals surface area contributed by atoms with Gasteiger partial charge in [0.1, 0.15) is 11.7 Å². The van der Waals surface area contributed by atoms with Crippen LogP contribution >= 0.6 is 0 Å². The molecule has 32 heavy (non-hydrogen) atoms. The Morgan fingerprint density at radius 1 is 1.06 bits per heavy atom. The Morgan fingerprint density at radius 2 is 1.84 bits per heavy atom. The maximum absolute atomic E-state index is 12.6. The van der Waals surface area contributed by atoms with Crippen molar-refractivity contribution in [3.05, 3.63) is 6.08 Å². The van der Waals surface area contributed by atoms with E-state index in [2.05, 4.69) is 25.9 Å². The highest BCUT2D eigenvalue weighted by Gasteiger charge is 2.60. The van der Waals surface area contributed by atoms with Gasteiger partial charge in [0.25, 0.3) is 0 Å². The fourth-order valence-corrected chi connectivity index (χ4v) is 9.39. The van der Waals surface area contributed by atoms with Gasteiger partial charge in [-0.25, -0.2) is 4.79 Å². The van der Waals surface area contributed by atoms with Crippen LogP contribution in [-0.2, 0) is 9.59 Å². The second kappa shape index (κ2) is 9.45. The van der Waals surface area contributed by atoms with E-state index in [0.29, 0.717) is 29.1 Å². The van der Waals surface area contributed by atoms with Crippen LogP contribution in [0.5, 0.6) is 0 Å². The molecule has 0 aliphatic heterocycles. The van der Waals surface area contributed by atoms with Gasteiger partial charge in [0, 0.05) is 18.7 Å². The SMILES string of the molecule is C[C@H](CCC(=O)C(C=C=O)C=NN)[C@H]1CC[C@H]2[C@@H]3CC[C@H]4CCCC[C@]4(C)[C@H]3CC[C@]12C. The lowest BCUT2D eigenvalue weighted by Crippen LogP contribution is -2.53. The van der Waals surface area contributed by atoms with E-state index < -0.39 is 5.92 Å². The Bertz CT molecular complexity index is 771. The average Bonchev–Trinajstić information content (AvgIpc) is 3.14. The Kier molecular flexibility index (Phi) is 7.01. The molecule has 0 aromatic heterocycles. The van der Waals surface area contributed by atoms with E-state index in [4.69, 9.17) is 5.84 Å². The zero-order valence-electron chi connectivity index (χ0n) is 20.5. The molecule has 0 spiro atoms. The number of carbonyl (C=O) groups excluding carboxylic acids is 2. The van der Waals surface area contributed by atoms with Crippen molar-refractivity contribution >= 4 is 17.9 Å². The van der Waals surface area contributed by atoms with E-state index in [1.54, 1.807) is 5.94 Å². The molecule has 4 fully saturated rings. The second-order valence-corrected chi connectivity index (χ2v) is 12.2. The summed E-state index contributed by atoms with van der Waals surface area (Å²) in [5.74, 6) is 11.3. The van der Waals surface area contributed by atoms with Gasteiger partial charge in [0.2, 0.25) is 0 Å². The van der Waals surface area contributed by atoms with Crippen molar-refractivity contribution in [3.63, 3.8) is 0 Å². The molecule has 4 nitrogen and oxygen atoms in total. The van der Waals surface area contributed by atoms with Crippen LogP contribution in [-0.4, -0.2) is 17.9 Å². The number of hydrogen-bond donors (Lipinski definition) is 1. The number of nitrogens with zero attached hydrogens (tertiary/aromatic N) is 1. The van der Waals surface area contributed by atoms with Crippen molar-refractivity contribution < 1.29 is 9.59 Å². The van der Waals surface area contributed by atoms with Gasteiger partial charge in [0.05, 0.1) is 5.92 Å². The molecule has 0 radical (unpaired) electrons. The second-order valence-electron chi connectivity index (χ2n) is 12.2. The number of fused-ring (bicyclic) bond motifs is 5. The van der Waals surface area contributed by atoms with Gasteiger partial charge in [-0.1, -0.05) is 33.6 Å². The molecular formula is C28H44N2O2. The zero-order chi connectivity index (χ0) is 22.9. The summed E-state index contributed by atoms with van der Waals surface area (Å²) in [6.07, 6.45) is 18.2. The van der Waals surface area contributed by atoms with Gasteiger partial charge in [0.15, 0.2) is 0 Å². The van der Waals surface area contributed by atoms with Crippen LogP contribution in [0.3, 0.4) is 0 Å². The number of rotatable bonds is 7. The van der Waals surface area contributed by atoms with Crippen LogP contribution in [0.15, 0.2) is 11.2 Å². The minimum atomic E-state index is -0.626. The number of allylic oxidation sites excluding steroid dienone is 1. The summed E-state index contributed by atoms with van der Waals surface area (Å²) in [5, 5.41) is 3.46. The number of hydrogen-bond acceptors (Lipinski definition) is 4. The summed E-state index contributed by atoms with van der Waals surface area (Å²) in [4.78, 5) is 23.3. The highest BCUT2D eigenvalue weighted by Crippen LogP contribution is 2.68. The molecule has 0 bridgehead atoms. The fraction of sp³-hybridized carbons (Fsp3) is 0.857. The molecule has 9 atom stereocenters. The van der Waals surface area contributed by atoms with E-state index >= 15 is 0 Å². The predicted octanol–water partition coefficient (Wildman–Crippen LogP) is 5.97. The Labute approximate surface area is 194 Å². The minimum Gasteiger partial charge on any atom is -0.324 e. The maximum atomic E-state index is 12.6. The molecule has 4 aliphatic carbocycles. The van der Waals surface area contributed by atoms with E-state index in [-0.39, 0.29) is 5.78 Å². The van der Waals surface area contributed by atoms with Crippen LogP contribution in [0.2, 0.25) is 0 Å². The van der Waals surface area contributed by atoms with Gasteiger partial charge in [-0.05, 0) is 104 Å². The molecule has 0 saturated heterocycles. The number of hydrazone groups is 1. The maximum Gasteiger partial charge on any atom is 0.145 e. The third-order valence-electron chi connectivity index (χ3n) is 11.1. The predicted molar refractivity (Wildman–Crippen MR) is 130 cm³/mol. The Balaban J connectivity index is 1.42. The smallest absolute Gasteiger partial charge is 0.145 e. The van der Waals surface area contributed by atoms with Crippen molar-refractivity contribution in [2.75, 3.05) is 0 Å². The topological polar surface area (TPSA) is 72.5 Å². The summed E-state index contributed by atoms with van der Waals surface area (Å²) in [7, 11) is 0. The zero-order valence-corrected chi connectivity index (χ0v) is 20.5. The Hall–Kier alpha value is -1.41. The standard InChI is InChI=1S/C28H44N2O2/c1-19(7-12-26(32)20(14-17-31)18-30-29)23-10-11-24-22-9-8-21-6-4-5-15-27(21,2)25(22)13-16-28(23,24)3/h14,18-25H,4-13,15-16,29H2,1-3H3/t19-,20?,21-,22+,23-,24+,25+,27+,28-/m1/s1. The van der Waals surface area contributed by atoms with Crippen LogP contribution in [0.4, 0.5) is 0 Å². The largest absolute Gasteiger partial charge is 0.324 e. The molecule has 4 saturated carbocycles. The highest BCUT2D eigenvalue weighted by molar-refractivity contribution is 5.98. The van der Waals surface area contributed by atoms with Gasteiger partial charge in [-0.2, -0.15) is 5.10 Å². The van der Waals surface area contributed by atoms with Gasteiger partial charge in [-0.15, -0.1) is 0 Å². The van der Waals surface area contributed by atoms with E-state index in [9.17, 15) is 9.59 Å². The number of nitrogens with two attached hydrogens (primary N) is 1. The molecule has 0 aromatic carbocycles. The molecule has 0 heterocycles. The van der Waals surface area contributed by atoms with E-state index in [0.717, 1.165) is 30.1 Å². The lowest BCUT2D eigenvalue weighted by atomic mass is 9.44. The lowest BCUT2D eigenvalue weighted by molar-refractivity contribution is -0.121. The lowest BCUT2D eigenvalue weighted by Gasteiger charge is -2.61. The molecule has 2 N–H and O–H groups in total. The summed E-state index contributed by atoms with van der Waals surface area (Å²) in [6.45, 7) is 7.61. The molecule has 178 valence electrons. The molecule has 4 rings (SSSR count). The fourth-order valence-electron chi connectivity index (χ4n) is 9.39. The summed E-state index contributed by atoms with van der Waals surface area (Å²) in [5.41, 5.74) is 1.03. The average molecular weight is 441 g/mol. The number of Topliss-reactive ketones (excluding diaryl/α,β-unsaturated/α-hetero) is 1. The van der Waals surface area contributed by atoms with Crippen LogP contribution in [0.1, 0.15) is 97.8 Å². The first kappa shape index (κ1) is 23.7. The van der Waals surface area contributed by atoms with E-state index in [1.165, 1.54) is 76.5 Å². The van der Waals surface area contributed by atoms with Crippen LogP contribution in [0.25, 0.3) is 0 Å². The van der Waals surface area contributed by atoms with Crippen molar-refractivity contribution in [2.45, 2.75) is 97.8 Å². The minimum absolute atomic E-state index is 0.0290. The monoisotopic (exact) mass is 440 g/mol. The van der Waals surface area contributed by atoms with Crippen LogP contribution in [0, 0.1) is 52.3 Å². The first-order valence-corrected chi connectivity index (χ1v) is 13.3. The summed E-state index contributed by atoms with van der Waals surface area (Å²) < 4.78 is 0. The third-order valence-corrected chi connectivity index (χ3v) is 11.1. The first-order chi connectivity index (χ1) is 15.3. The molecule has 4 aliphatic rings. The van der Waals surface area contributed by atoms with Crippen molar-refractivity contribution in [1.82, 2.24) is 0 Å². The number of ketones is 1. The Morgan fingerprint density at radius 3 is 2.59 bits per heavy atom.